The van der Waals surface area contributed by atoms with Gasteiger partial charge in [0, 0.05) is 16.7 Å². The Bertz CT molecular complexity index is 1240. The number of aromatic nitrogens is 4. The average molecular weight is 419 g/mol. The first-order valence-electron chi connectivity index (χ1n) is 9.53. The highest BCUT2D eigenvalue weighted by Gasteiger charge is 2.19. The van der Waals surface area contributed by atoms with Gasteiger partial charge in [-0.25, -0.2) is 9.36 Å². The SMILES string of the molecule is COc1cccc(-c2nn(Cn3cc([N+](=O)[O-])cn3)c(-c3cccc(OC)c3)c2C)c1. The van der Waals surface area contributed by atoms with Crippen LogP contribution in [0.3, 0.4) is 0 Å². The Labute approximate surface area is 178 Å². The Morgan fingerprint density at radius 1 is 1.03 bits per heavy atom. The van der Waals surface area contributed by atoms with Crippen LogP contribution in [0.2, 0.25) is 0 Å². The van der Waals surface area contributed by atoms with E-state index in [2.05, 4.69) is 5.10 Å². The second kappa shape index (κ2) is 8.31. The number of benzene rings is 2. The molecule has 0 spiro atoms. The summed E-state index contributed by atoms with van der Waals surface area (Å²) < 4.78 is 14.0. The van der Waals surface area contributed by atoms with E-state index < -0.39 is 4.92 Å². The highest BCUT2D eigenvalue weighted by molar-refractivity contribution is 5.75. The molecular formula is C22H21N5O4. The monoisotopic (exact) mass is 419 g/mol. The molecule has 9 heteroatoms. The third-order valence-electron chi connectivity index (χ3n) is 4.98. The zero-order valence-electron chi connectivity index (χ0n) is 17.3. The summed E-state index contributed by atoms with van der Waals surface area (Å²) in [5.74, 6) is 1.46. The van der Waals surface area contributed by atoms with Crippen molar-refractivity contribution in [2.24, 2.45) is 0 Å². The number of hydrogen-bond acceptors (Lipinski definition) is 6. The van der Waals surface area contributed by atoms with Gasteiger partial charge in [0.25, 0.3) is 0 Å². The average Bonchev–Trinajstić information content (AvgIpc) is 3.38. The lowest BCUT2D eigenvalue weighted by Gasteiger charge is -2.10. The molecule has 2 heterocycles. The normalized spacial score (nSPS) is 10.8. The maximum atomic E-state index is 11.0. The zero-order valence-corrected chi connectivity index (χ0v) is 17.3. The van der Waals surface area contributed by atoms with Gasteiger partial charge in [0.15, 0.2) is 0 Å². The summed E-state index contributed by atoms with van der Waals surface area (Å²) in [6.45, 7) is 2.21. The first-order valence-corrected chi connectivity index (χ1v) is 9.53. The van der Waals surface area contributed by atoms with E-state index in [0.717, 1.165) is 39.6 Å². The molecule has 2 aromatic heterocycles. The first kappa shape index (κ1) is 20.1. The molecule has 31 heavy (non-hydrogen) atoms. The molecule has 0 unspecified atom stereocenters. The molecule has 0 aliphatic carbocycles. The van der Waals surface area contributed by atoms with E-state index in [0.29, 0.717) is 0 Å². The molecule has 0 amide bonds. The van der Waals surface area contributed by atoms with Crippen LogP contribution >= 0.6 is 0 Å². The van der Waals surface area contributed by atoms with Crippen molar-refractivity contribution in [1.82, 2.24) is 19.6 Å². The van der Waals surface area contributed by atoms with Gasteiger partial charge in [-0.05, 0) is 31.2 Å². The Balaban J connectivity index is 1.85. The van der Waals surface area contributed by atoms with Crippen LogP contribution < -0.4 is 9.47 Å². The van der Waals surface area contributed by atoms with Crippen molar-refractivity contribution in [2.45, 2.75) is 13.6 Å². The lowest BCUT2D eigenvalue weighted by atomic mass is 10.0. The van der Waals surface area contributed by atoms with Crippen molar-refractivity contribution in [2.75, 3.05) is 14.2 Å². The molecule has 2 aromatic carbocycles. The number of hydrogen-bond donors (Lipinski definition) is 0. The van der Waals surface area contributed by atoms with Gasteiger partial charge in [-0.3, -0.25) is 10.1 Å². The number of nitro groups is 1. The molecule has 0 atom stereocenters. The van der Waals surface area contributed by atoms with E-state index in [-0.39, 0.29) is 12.4 Å². The molecule has 0 aliphatic rings. The Kier molecular flexibility index (Phi) is 5.40. The quantitative estimate of drug-likeness (QED) is 0.330. The van der Waals surface area contributed by atoms with Gasteiger partial charge in [0.2, 0.25) is 0 Å². The van der Waals surface area contributed by atoms with Crippen molar-refractivity contribution in [3.05, 3.63) is 76.6 Å². The fourth-order valence-corrected chi connectivity index (χ4v) is 3.50. The van der Waals surface area contributed by atoms with Crippen LogP contribution in [-0.4, -0.2) is 38.7 Å². The van der Waals surface area contributed by atoms with Crippen LogP contribution in [-0.2, 0) is 6.67 Å². The maximum absolute atomic E-state index is 11.0. The highest BCUT2D eigenvalue weighted by atomic mass is 16.6. The standard InChI is InChI=1S/C22H21N5O4/c1-15-21(16-6-4-8-19(10-16)30-2)24-26(14-25-13-18(12-23-25)27(28)29)22(15)17-7-5-9-20(11-17)31-3/h4-13H,14H2,1-3H3. The predicted molar refractivity (Wildman–Crippen MR) is 115 cm³/mol. The maximum Gasteiger partial charge on any atom is 0.307 e. The van der Waals surface area contributed by atoms with Crippen LogP contribution in [0.25, 0.3) is 22.5 Å². The lowest BCUT2D eigenvalue weighted by molar-refractivity contribution is -0.385. The van der Waals surface area contributed by atoms with Gasteiger partial charge in [-0.1, -0.05) is 24.3 Å². The third kappa shape index (κ3) is 3.97. The van der Waals surface area contributed by atoms with E-state index in [1.165, 1.54) is 17.1 Å². The van der Waals surface area contributed by atoms with Gasteiger partial charge < -0.3 is 9.47 Å². The first-order chi connectivity index (χ1) is 15.0. The summed E-state index contributed by atoms with van der Waals surface area (Å²) in [4.78, 5) is 10.6. The lowest BCUT2D eigenvalue weighted by Crippen LogP contribution is -2.11. The van der Waals surface area contributed by atoms with E-state index in [1.54, 1.807) is 18.9 Å². The van der Waals surface area contributed by atoms with Gasteiger partial charge >= 0.3 is 5.69 Å². The molecule has 0 radical (unpaired) electrons. The van der Waals surface area contributed by atoms with Crippen molar-refractivity contribution in [1.29, 1.82) is 0 Å². The number of methoxy groups -OCH3 is 2. The van der Waals surface area contributed by atoms with Crippen LogP contribution in [0.1, 0.15) is 5.56 Å². The predicted octanol–water partition coefficient (Wildman–Crippen LogP) is 4.15. The summed E-state index contributed by atoms with van der Waals surface area (Å²) in [6, 6.07) is 15.4. The molecule has 158 valence electrons. The third-order valence-corrected chi connectivity index (χ3v) is 4.98. The van der Waals surface area contributed by atoms with E-state index in [4.69, 9.17) is 14.6 Å². The molecule has 0 N–H and O–H groups in total. The Hall–Kier alpha value is -4.14. The molecule has 0 bridgehead atoms. The molecule has 0 fully saturated rings. The van der Waals surface area contributed by atoms with Crippen LogP contribution in [0.15, 0.2) is 60.9 Å². The van der Waals surface area contributed by atoms with Gasteiger partial charge in [-0.2, -0.15) is 10.2 Å². The fraction of sp³-hybridized carbons (Fsp3) is 0.182. The summed E-state index contributed by atoms with van der Waals surface area (Å²) in [5.41, 5.74) is 4.38. The van der Waals surface area contributed by atoms with Gasteiger partial charge in [0.1, 0.15) is 30.6 Å². The highest BCUT2D eigenvalue weighted by Crippen LogP contribution is 2.34. The Morgan fingerprint density at radius 2 is 1.68 bits per heavy atom. The topological polar surface area (TPSA) is 97.2 Å². The number of nitrogens with zero attached hydrogens (tertiary/aromatic N) is 5. The summed E-state index contributed by atoms with van der Waals surface area (Å²) in [7, 11) is 3.24. The van der Waals surface area contributed by atoms with Gasteiger partial charge in [0.05, 0.1) is 30.5 Å². The number of ether oxygens (including phenoxy) is 2. The molecule has 9 nitrogen and oxygen atoms in total. The minimum absolute atomic E-state index is 0.0696. The van der Waals surface area contributed by atoms with Crippen molar-refractivity contribution >= 4 is 5.69 Å². The smallest absolute Gasteiger partial charge is 0.307 e. The van der Waals surface area contributed by atoms with Crippen LogP contribution in [0.4, 0.5) is 5.69 Å². The minimum Gasteiger partial charge on any atom is -0.497 e. The van der Waals surface area contributed by atoms with Gasteiger partial charge in [-0.15, -0.1) is 0 Å². The zero-order chi connectivity index (χ0) is 22.0. The fourth-order valence-electron chi connectivity index (χ4n) is 3.50. The molecule has 0 saturated heterocycles. The van der Waals surface area contributed by atoms with Crippen molar-refractivity contribution < 1.29 is 14.4 Å². The van der Waals surface area contributed by atoms with Crippen molar-refractivity contribution in [3.8, 4) is 34.0 Å². The summed E-state index contributed by atoms with van der Waals surface area (Å²) in [5, 5.41) is 20.0. The Morgan fingerprint density at radius 3 is 2.29 bits per heavy atom. The second-order valence-electron chi connectivity index (χ2n) is 6.92. The molecule has 4 rings (SSSR count). The molecule has 0 aliphatic heterocycles. The minimum atomic E-state index is -0.470. The second-order valence-corrected chi connectivity index (χ2v) is 6.92. The number of rotatable bonds is 7. The largest absolute Gasteiger partial charge is 0.497 e. The van der Waals surface area contributed by atoms with Crippen LogP contribution in [0, 0.1) is 17.0 Å². The van der Waals surface area contributed by atoms with Crippen molar-refractivity contribution in [3.63, 3.8) is 0 Å². The molecule has 4 aromatic rings. The van der Waals surface area contributed by atoms with E-state index >= 15 is 0 Å². The summed E-state index contributed by atoms with van der Waals surface area (Å²) in [6.07, 6.45) is 2.61. The van der Waals surface area contributed by atoms with E-state index in [1.807, 2.05) is 55.5 Å². The van der Waals surface area contributed by atoms with Crippen LogP contribution in [0.5, 0.6) is 11.5 Å². The molecular weight excluding hydrogens is 398 g/mol. The molecule has 0 saturated carbocycles. The van der Waals surface area contributed by atoms with E-state index in [9.17, 15) is 10.1 Å². The summed E-state index contributed by atoms with van der Waals surface area (Å²) >= 11 is 0.